The zero-order valence-corrected chi connectivity index (χ0v) is 53.0. The van der Waals surface area contributed by atoms with Crippen molar-refractivity contribution in [3.8, 4) is 0 Å². The standard InChI is InChI=1S/C26H43N4O5P.C14H21N3O4.C12H23ClNOP.2CH4.3H2S/c1-8-19-20(15-22(33-19)29-14-11-21(28-25(29)32)27-24(31)17(4)5)34-36-30(18(6)7)23(16(2)3)26(35-36)12-9-10-13-26;1-4-10-9(18)7-12(21-10)17-6-5-11(16-14(17)20)15-13(19)8(2)3;1-9(2)11-12(7-5-6-8-12)15-16(13)14(11)10(3)4;;;;;/h11,14,16-20,22-23H,8-10,12-13,15H2,1-7H3,(H,27,28,31,32);5-6,8-10,12,18H,4,7H2,1-3H3,(H,15,16,19,20);9-11H,5-8H2,1-4H3;2*1H4;3*1H2/t19-,20?,22-,23+,36+;9?,10-,12-;11-,16?;;;;;/m110...../s1. The van der Waals surface area contributed by atoms with E-state index in [9.17, 15) is 24.3 Å². The van der Waals surface area contributed by atoms with Crippen LogP contribution in [0, 0.1) is 23.7 Å². The van der Waals surface area contributed by atoms with E-state index in [2.05, 4.69) is 92.3 Å². The number of amides is 2. The van der Waals surface area contributed by atoms with Crippen LogP contribution in [0.2, 0.25) is 0 Å². The van der Waals surface area contributed by atoms with Gasteiger partial charge in [0.25, 0.3) is 8.53 Å². The molecular weight excluding hydrogens is 1110 g/mol. The highest BCUT2D eigenvalue weighted by atomic mass is 35.7. The molecule has 4 saturated heterocycles. The van der Waals surface area contributed by atoms with Gasteiger partial charge in [-0.05, 0) is 101 Å². The highest BCUT2D eigenvalue weighted by molar-refractivity contribution is 7.78. The summed E-state index contributed by atoms with van der Waals surface area (Å²) in [4.78, 5) is 56.3. The summed E-state index contributed by atoms with van der Waals surface area (Å²) in [5.41, 5.74) is -1.01. The summed E-state index contributed by atoms with van der Waals surface area (Å²) in [7, 11) is -2.13. The van der Waals surface area contributed by atoms with Crippen molar-refractivity contribution < 1.29 is 37.7 Å². The summed E-state index contributed by atoms with van der Waals surface area (Å²) in [5.74, 6) is 0.808. The van der Waals surface area contributed by atoms with E-state index in [-0.39, 0.29) is 120 Å². The van der Waals surface area contributed by atoms with Crippen LogP contribution in [-0.2, 0) is 32.6 Å². The first-order valence-electron chi connectivity index (χ1n) is 27.1. The van der Waals surface area contributed by atoms with Crippen molar-refractivity contribution in [1.82, 2.24) is 28.4 Å². The number of anilines is 2. The van der Waals surface area contributed by atoms with Gasteiger partial charge in [-0.25, -0.2) is 18.9 Å². The molecule has 6 aliphatic rings. The number of aliphatic hydroxyl groups is 1. The average Bonchev–Trinajstić information content (AvgIpc) is 4.19. The number of halogens is 1. The maximum atomic E-state index is 12.8. The molecule has 2 amide bonds. The first kappa shape index (κ1) is 74.6. The van der Waals surface area contributed by atoms with E-state index in [0.29, 0.717) is 55.3 Å². The van der Waals surface area contributed by atoms with Crippen LogP contribution in [0.5, 0.6) is 0 Å². The molecule has 2 spiro atoms. The summed E-state index contributed by atoms with van der Waals surface area (Å²) in [6.07, 6.45) is 13.0. The predicted molar refractivity (Wildman–Crippen MR) is 333 cm³/mol. The number of ether oxygens (including phenoxy) is 2. The predicted octanol–water partition coefficient (Wildman–Crippen LogP) is 12.3. The lowest BCUT2D eigenvalue weighted by Crippen LogP contribution is -2.48. The molecule has 2 aromatic heterocycles. The van der Waals surface area contributed by atoms with Gasteiger partial charge in [0.05, 0.1) is 35.6 Å². The Bertz CT molecular complexity index is 2280. The minimum absolute atomic E-state index is 0. The van der Waals surface area contributed by atoms with Crippen molar-refractivity contribution in [3.05, 3.63) is 45.5 Å². The van der Waals surface area contributed by atoms with Gasteiger partial charge < -0.3 is 38.8 Å². The molecule has 18 nitrogen and oxygen atoms in total. The third kappa shape index (κ3) is 17.3. The third-order valence-electron chi connectivity index (χ3n) is 15.0. The smallest absolute Gasteiger partial charge is 0.351 e. The fourth-order valence-corrected chi connectivity index (χ4v) is 16.8. The number of carbonyl (C=O) groups excluding carboxylic acids is 2. The monoisotopic (exact) mass is 1210 g/mol. The molecule has 6 heterocycles. The van der Waals surface area contributed by atoms with Gasteiger partial charge in [0, 0.05) is 61.2 Å². The van der Waals surface area contributed by atoms with Gasteiger partial charge in [0.1, 0.15) is 24.1 Å². The molecule has 3 N–H and O–H groups in total. The average molecular weight is 1220 g/mol. The lowest BCUT2D eigenvalue weighted by molar-refractivity contribution is -0.119. The lowest BCUT2D eigenvalue weighted by Gasteiger charge is -2.37. The minimum Gasteiger partial charge on any atom is -0.390 e. The second kappa shape index (κ2) is 32.6. The molecule has 2 aromatic rings. The van der Waals surface area contributed by atoms with Crippen LogP contribution in [0.1, 0.15) is 201 Å². The summed E-state index contributed by atoms with van der Waals surface area (Å²) in [6.45, 7) is 29.2. The van der Waals surface area contributed by atoms with E-state index in [0.717, 1.165) is 19.3 Å². The Hall–Kier alpha value is -1.42. The second-order valence-electron chi connectivity index (χ2n) is 22.6. The van der Waals surface area contributed by atoms with Crippen LogP contribution in [-0.4, -0.2) is 105 Å². The van der Waals surface area contributed by atoms with Gasteiger partial charge >= 0.3 is 11.4 Å². The molecule has 10 atom stereocenters. The number of rotatable bonds is 14. The van der Waals surface area contributed by atoms with Crippen LogP contribution in [0.25, 0.3) is 0 Å². The van der Waals surface area contributed by atoms with Crippen molar-refractivity contribution in [2.24, 2.45) is 23.7 Å². The SMILES string of the molecule is C.C.CC(C)[C@@H]1N(C(C)C)P(Cl)OC12CCCC2.CC[C@H]1O[C@@H](n2ccc(NC(=O)C(C)C)nc2=O)CC1O.CC[C@H]1O[C@@H](n2ccc(NC(=O)C(C)C)nc2=O)CC1O[P@@]1OC2(CCCC2)[C@H](C(C)C)N1C(C)C.S.S.S. The van der Waals surface area contributed by atoms with E-state index in [1.54, 1.807) is 46.0 Å². The minimum atomic E-state index is -1.24. The molecule has 6 fully saturated rings. The van der Waals surface area contributed by atoms with Crippen molar-refractivity contribution in [2.45, 2.75) is 261 Å². The van der Waals surface area contributed by atoms with Gasteiger partial charge in [-0.2, -0.15) is 50.5 Å². The highest BCUT2D eigenvalue weighted by Crippen LogP contribution is 2.66. The number of aromatic nitrogens is 4. The summed E-state index contributed by atoms with van der Waals surface area (Å²) in [5, 5.41) is 15.1. The Kier molecular flexibility index (Phi) is 31.2. The number of hydrogen-bond acceptors (Lipinski definition) is 14. The quantitative estimate of drug-likeness (QED) is 0.151. The van der Waals surface area contributed by atoms with Crippen molar-refractivity contribution in [2.75, 3.05) is 10.6 Å². The zero-order chi connectivity index (χ0) is 53.7. The van der Waals surface area contributed by atoms with E-state index < -0.39 is 46.1 Å². The molecule has 4 aliphatic heterocycles. The maximum absolute atomic E-state index is 12.8. The number of aliphatic hydroxyl groups excluding tert-OH is 1. The first-order valence-corrected chi connectivity index (χ1v) is 30.4. The molecule has 0 radical (unpaired) electrons. The van der Waals surface area contributed by atoms with Crippen molar-refractivity contribution in [1.29, 1.82) is 0 Å². The molecule has 78 heavy (non-hydrogen) atoms. The Morgan fingerprint density at radius 2 is 1.08 bits per heavy atom. The van der Waals surface area contributed by atoms with Crippen LogP contribution < -0.4 is 22.0 Å². The molecule has 0 bridgehead atoms. The zero-order valence-electron chi connectivity index (χ0n) is 47.5. The largest absolute Gasteiger partial charge is 0.390 e. The van der Waals surface area contributed by atoms with Crippen molar-refractivity contribution in [3.63, 3.8) is 0 Å². The van der Waals surface area contributed by atoms with Crippen LogP contribution in [0.3, 0.4) is 0 Å². The lowest BCUT2D eigenvalue weighted by atomic mass is 9.84. The molecule has 8 rings (SSSR count). The number of nitrogens with one attached hydrogen (secondary N) is 2. The van der Waals surface area contributed by atoms with Crippen LogP contribution in [0.4, 0.5) is 11.6 Å². The normalized spacial score (nSPS) is 27.9. The Balaban J connectivity index is 0.000000620. The highest BCUT2D eigenvalue weighted by Gasteiger charge is 2.59. The van der Waals surface area contributed by atoms with E-state index >= 15 is 0 Å². The van der Waals surface area contributed by atoms with Gasteiger partial charge in [-0.1, -0.05) is 110 Å². The van der Waals surface area contributed by atoms with Gasteiger partial charge in [-0.3, -0.25) is 18.7 Å². The molecule has 24 heteroatoms. The Morgan fingerprint density at radius 1 is 0.679 bits per heavy atom. The Morgan fingerprint density at radius 3 is 1.45 bits per heavy atom. The summed E-state index contributed by atoms with van der Waals surface area (Å²) >= 11 is 6.45. The maximum Gasteiger partial charge on any atom is 0.351 e. The summed E-state index contributed by atoms with van der Waals surface area (Å²) < 4.78 is 39.5. The summed E-state index contributed by atoms with van der Waals surface area (Å²) in [6, 6.07) is 4.83. The Labute approximate surface area is 495 Å². The molecule has 0 aromatic carbocycles. The van der Waals surface area contributed by atoms with E-state index in [1.165, 1.54) is 53.9 Å². The number of nitrogens with zero attached hydrogens (tertiary/aromatic N) is 6. The van der Waals surface area contributed by atoms with E-state index in [1.807, 2.05) is 6.92 Å². The fourth-order valence-electron chi connectivity index (χ4n) is 11.5. The third-order valence-corrected chi connectivity index (χ3v) is 19.4. The topological polar surface area (TPSA) is 201 Å². The van der Waals surface area contributed by atoms with Crippen LogP contribution in [0.15, 0.2) is 34.1 Å². The first-order chi connectivity index (χ1) is 34.5. The number of hydrogen-bond donors (Lipinski definition) is 3. The molecular formula is C54H101ClN8O10P2S3. The number of carbonyl (C=O) groups is 2. The molecule has 2 aliphatic carbocycles. The van der Waals surface area contributed by atoms with Gasteiger partial charge in [-0.15, -0.1) is 0 Å². The fraction of sp³-hybridized carbons (Fsp3) is 0.815. The molecule has 452 valence electrons. The molecule has 2 saturated carbocycles. The van der Waals surface area contributed by atoms with Gasteiger partial charge in [0.2, 0.25) is 19.5 Å². The van der Waals surface area contributed by atoms with Gasteiger partial charge in [0.15, 0.2) is 0 Å². The van der Waals surface area contributed by atoms with Crippen LogP contribution >= 0.6 is 67.9 Å². The molecule has 3 unspecified atom stereocenters. The second-order valence-corrected chi connectivity index (χ2v) is 25.9. The van der Waals surface area contributed by atoms with Crippen molar-refractivity contribution >= 4 is 91.4 Å². The van der Waals surface area contributed by atoms with E-state index in [4.69, 9.17) is 34.3 Å².